The van der Waals surface area contributed by atoms with E-state index in [-0.39, 0.29) is 29.8 Å². The Morgan fingerprint density at radius 1 is 0.974 bits per heavy atom. The fourth-order valence-corrected chi connectivity index (χ4v) is 8.18. The Labute approximate surface area is 239 Å². The molecule has 39 heavy (non-hydrogen) atoms. The van der Waals surface area contributed by atoms with Crippen molar-refractivity contribution in [2.75, 3.05) is 29.5 Å². The fraction of sp³-hybridized carbons (Fsp3) is 0.357. The SMILES string of the molecule is CCOC(=O)Cn1c2c(sc1=O)[C@@H](c1ccc(N(CC)CC)cc1)[C@@H]1C(=O)N(c3ccc(Cl)cc3)C(=O)[C@@H]1S2. The number of nitrogens with zero attached hydrogens (tertiary/aromatic N) is 3. The number of imide groups is 1. The molecule has 1 fully saturated rings. The number of halogens is 1. The molecular formula is C28H28ClN3O5S2. The van der Waals surface area contributed by atoms with Gasteiger partial charge in [0.25, 0.3) is 0 Å². The van der Waals surface area contributed by atoms with Gasteiger partial charge in [-0.25, -0.2) is 4.90 Å². The summed E-state index contributed by atoms with van der Waals surface area (Å²) in [6, 6.07) is 14.6. The summed E-state index contributed by atoms with van der Waals surface area (Å²) in [6.45, 7) is 7.53. The van der Waals surface area contributed by atoms with Crippen LogP contribution in [0.1, 0.15) is 37.1 Å². The first-order valence-electron chi connectivity index (χ1n) is 12.8. The Morgan fingerprint density at radius 2 is 1.64 bits per heavy atom. The molecule has 3 aromatic rings. The van der Waals surface area contributed by atoms with Gasteiger partial charge in [0, 0.05) is 34.6 Å². The number of thioether (sulfide) groups is 1. The molecule has 11 heteroatoms. The normalized spacial score (nSPS) is 20.1. The molecule has 0 aliphatic carbocycles. The summed E-state index contributed by atoms with van der Waals surface area (Å²) in [5.74, 6) is -2.43. The molecule has 3 atom stereocenters. The Balaban J connectivity index is 1.62. The smallest absolute Gasteiger partial charge is 0.326 e. The quantitative estimate of drug-likeness (QED) is 0.278. The van der Waals surface area contributed by atoms with E-state index in [0.29, 0.717) is 20.6 Å². The molecule has 2 aliphatic heterocycles. The lowest BCUT2D eigenvalue weighted by Crippen LogP contribution is -2.32. The third kappa shape index (κ3) is 4.90. The first-order chi connectivity index (χ1) is 18.8. The van der Waals surface area contributed by atoms with Crippen LogP contribution in [0.2, 0.25) is 5.02 Å². The molecule has 0 radical (unpaired) electrons. The molecule has 8 nitrogen and oxygen atoms in total. The molecule has 0 spiro atoms. The number of thiazole rings is 1. The highest BCUT2D eigenvalue weighted by Gasteiger charge is 2.56. The monoisotopic (exact) mass is 585 g/mol. The largest absolute Gasteiger partial charge is 0.465 e. The predicted octanol–water partition coefficient (Wildman–Crippen LogP) is 4.77. The minimum atomic E-state index is -0.754. The van der Waals surface area contributed by atoms with Crippen molar-refractivity contribution in [2.45, 2.75) is 43.5 Å². The van der Waals surface area contributed by atoms with E-state index >= 15 is 0 Å². The van der Waals surface area contributed by atoms with Gasteiger partial charge in [0.05, 0.1) is 23.2 Å². The Morgan fingerprint density at radius 3 is 2.26 bits per heavy atom. The number of ether oxygens (including phenoxy) is 1. The Hall–Kier alpha value is -3.08. The van der Waals surface area contributed by atoms with Gasteiger partial charge in [-0.2, -0.15) is 0 Å². The topological polar surface area (TPSA) is 88.9 Å². The van der Waals surface area contributed by atoms with Crippen molar-refractivity contribution in [2.24, 2.45) is 5.92 Å². The fourth-order valence-electron chi connectivity index (χ4n) is 5.28. The van der Waals surface area contributed by atoms with E-state index < -0.39 is 23.1 Å². The van der Waals surface area contributed by atoms with Crippen LogP contribution >= 0.6 is 34.7 Å². The Bertz CT molecular complexity index is 1460. The van der Waals surface area contributed by atoms with E-state index in [4.69, 9.17) is 16.3 Å². The lowest BCUT2D eigenvalue weighted by Gasteiger charge is -2.31. The van der Waals surface area contributed by atoms with E-state index in [0.717, 1.165) is 35.7 Å². The number of hydrogen-bond donors (Lipinski definition) is 0. The molecule has 0 saturated carbocycles. The van der Waals surface area contributed by atoms with Crippen LogP contribution in [0.15, 0.2) is 58.4 Å². The number of fused-ring (bicyclic) bond motifs is 2. The van der Waals surface area contributed by atoms with E-state index in [1.165, 1.54) is 21.2 Å². The highest BCUT2D eigenvalue weighted by Crippen LogP contribution is 2.54. The average Bonchev–Trinajstić information content (AvgIpc) is 3.37. The second kappa shape index (κ2) is 11.2. The minimum absolute atomic E-state index is 0.197. The highest BCUT2D eigenvalue weighted by atomic mass is 35.5. The van der Waals surface area contributed by atoms with Gasteiger partial charge in [-0.3, -0.25) is 23.7 Å². The number of amides is 2. The maximum atomic E-state index is 13.9. The van der Waals surface area contributed by atoms with Gasteiger partial charge >= 0.3 is 10.8 Å². The second-order valence-electron chi connectivity index (χ2n) is 9.22. The molecule has 3 heterocycles. The summed E-state index contributed by atoms with van der Waals surface area (Å²) in [4.78, 5) is 56.9. The molecule has 2 aromatic carbocycles. The van der Waals surface area contributed by atoms with Crippen molar-refractivity contribution >= 4 is 63.9 Å². The van der Waals surface area contributed by atoms with E-state index in [1.807, 2.05) is 24.3 Å². The maximum Gasteiger partial charge on any atom is 0.326 e. The number of anilines is 2. The zero-order valence-electron chi connectivity index (χ0n) is 21.8. The number of rotatable bonds is 8. The molecule has 0 N–H and O–H groups in total. The molecular weight excluding hydrogens is 558 g/mol. The number of hydrogen-bond acceptors (Lipinski definition) is 8. The van der Waals surface area contributed by atoms with Crippen molar-refractivity contribution in [3.8, 4) is 0 Å². The molecule has 204 valence electrons. The molecule has 2 aliphatic rings. The first kappa shape index (κ1) is 27.5. The van der Waals surface area contributed by atoms with Crippen molar-refractivity contribution in [3.05, 3.63) is 73.7 Å². The third-order valence-corrected chi connectivity index (χ3v) is 9.96. The zero-order valence-corrected chi connectivity index (χ0v) is 24.1. The predicted molar refractivity (Wildman–Crippen MR) is 154 cm³/mol. The number of aromatic nitrogens is 1. The van der Waals surface area contributed by atoms with E-state index in [1.54, 1.807) is 31.2 Å². The number of benzene rings is 2. The number of esters is 1. The summed E-state index contributed by atoms with van der Waals surface area (Å²) in [5.41, 5.74) is 2.34. The van der Waals surface area contributed by atoms with Crippen LogP contribution in [-0.4, -0.2) is 47.3 Å². The van der Waals surface area contributed by atoms with Crippen molar-refractivity contribution in [3.63, 3.8) is 0 Å². The standard InChI is InChI=1S/C28H28ClN3O5S2/c1-4-30(5-2)18-11-7-16(8-12-18)21-22-23(26(35)32(25(22)34)19-13-9-17(29)10-14-19)38-27-24(21)39-28(36)31(27)15-20(33)37-6-3/h7-14,21-23H,4-6,15H2,1-3H3/t21-,22-,23+/m0/s1. The second-order valence-corrected chi connectivity index (χ2v) is 11.8. The summed E-state index contributed by atoms with van der Waals surface area (Å²) in [6.07, 6.45) is 0. The van der Waals surface area contributed by atoms with Crippen LogP contribution in [0, 0.1) is 5.92 Å². The average molecular weight is 586 g/mol. The van der Waals surface area contributed by atoms with Gasteiger partial charge in [0.1, 0.15) is 11.8 Å². The third-order valence-electron chi connectivity index (χ3n) is 7.11. The number of carbonyl (C=O) groups is 3. The van der Waals surface area contributed by atoms with Crippen molar-refractivity contribution in [1.29, 1.82) is 0 Å². The van der Waals surface area contributed by atoms with Gasteiger partial charge in [0.2, 0.25) is 11.8 Å². The van der Waals surface area contributed by atoms with Crippen LogP contribution in [0.5, 0.6) is 0 Å². The van der Waals surface area contributed by atoms with Gasteiger partial charge in [-0.05, 0) is 62.7 Å². The van der Waals surface area contributed by atoms with E-state index in [9.17, 15) is 19.2 Å². The van der Waals surface area contributed by atoms with Crippen molar-refractivity contribution in [1.82, 2.24) is 4.57 Å². The maximum absolute atomic E-state index is 13.9. The summed E-state index contributed by atoms with van der Waals surface area (Å²) in [7, 11) is 0. The van der Waals surface area contributed by atoms with Crippen LogP contribution < -0.4 is 14.7 Å². The number of carbonyl (C=O) groups excluding carboxylic acids is 3. The zero-order chi connectivity index (χ0) is 27.8. The summed E-state index contributed by atoms with van der Waals surface area (Å²) in [5, 5.41) is 0.285. The minimum Gasteiger partial charge on any atom is -0.465 e. The van der Waals surface area contributed by atoms with Crippen molar-refractivity contribution < 1.29 is 19.1 Å². The van der Waals surface area contributed by atoms with Gasteiger partial charge in [-0.15, -0.1) is 0 Å². The lowest BCUT2D eigenvalue weighted by molar-refractivity contribution is -0.144. The molecule has 2 amide bonds. The Kier molecular flexibility index (Phi) is 7.89. The van der Waals surface area contributed by atoms with Gasteiger partial charge < -0.3 is 9.64 Å². The molecule has 0 bridgehead atoms. The molecule has 5 rings (SSSR count). The van der Waals surface area contributed by atoms with Crippen LogP contribution in [0.25, 0.3) is 0 Å². The molecule has 1 aromatic heterocycles. The van der Waals surface area contributed by atoms with Crippen LogP contribution in [0.4, 0.5) is 11.4 Å². The first-order valence-corrected chi connectivity index (χ1v) is 14.9. The van der Waals surface area contributed by atoms with Crippen LogP contribution in [0.3, 0.4) is 0 Å². The van der Waals surface area contributed by atoms with Gasteiger partial charge in [-0.1, -0.05) is 46.8 Å². The summed E-state index contributed by atoms with van der Waals surface area (Å²) < 4.78 is 6.46. The van der Waals surface area contributed by atoms with E-state index in [2.05, 4.69) is 18.7 Å². The summed E-state index contributed by atoms with van der Waals surface area (Å²) >= 11 is 8.25. The van der Waals surface area contributed by atoms with Gasteiger partial charge in [0.15, 0.2) is 0 Å². The van der Waals surface area contributed by atoms with Crippen LogP contribution in [-0.2, 0) is 25.7 Å². The molecule has 1 saturated heterocycles. The highest BCUT2D eigenvalue weighted by molar-refractivity contribution is 8.00. The lowest BCUT2D eigenvalue weighted by atomic mass is 9.83. The molecule has 0 unspecified atom stereocenters.